The van der Waals surface area contributed by atoms with Crippen LogP contribution in [0.2, 0.25) is 0 Å². The predicted molar refractivity (Wildman–Crippen MR) is 320 cm³/mol. The van der Waals surface area contributed by atoms with Gasteiger partial charge in [0.25, 0.3) is 0 Å². The summed E-state index contributed by atoms with van der Waals surface area (Å²) in [5.74, 6) is -0.904. The van der Waals surface area contributed by atoms with E-state index in [1.165, 1.54) is 128 Å². The van der Waals surface area contributed by atoms with Gasteiger partial charge in [0.15, 0.2) is 6.10 Å². The molecule has 0 fully saturated rings. The van der Waals surface area contributed by atoms with Gasteiger partial charge in [0, 0.05) is 19.3 Å². The third kappa shape index (κ3) is 59.2. The van der Waals surface area contributed by atoms with Crippen LogP contribution in [0.15, 0.2) is 97.2 Å². The van der Waals surface area contributed by atoms with Crippen molar-refractivity contribution in [3.05, 3.63) is 97.2 Å². The Hall–Kier alpha value is -3.67. The molecule has 424 valence electrons. The number of allylic oxidation sites excluding steroid dienone is 16. The molecule has 0 bridgehead atoms. The van der Waals surface area contributed by atoms with Crippen LogP contribution in [0.25, 0.3) is 0 Å². The van der Waals surface area contributed by atoms with Crippen molar-refractivity contribution < 1.29 is 28.6 Å². The summed E-state index contributed by atoms with van der Waals surface area (Å²) < 4.78 is 16.9. The molecule has 0 aromatic rings. The number of ether oxygens (including phenoxy) is 3. The number of rotatable bonds is 56. The number of hydrogen-bond acceptors (Lipinski definition) is 6. The first-order valence-corrected chi connectivity index (χ1v) is 31.2. The van der Waals surface area contributed by atoms with Crippen molar-refractivity contribution in [3.63, 3.8) is 0 Å². The van der Waals surface area contributed by atoms with Crippen molar-refractivity contribution in [3.8, 4) is 0 Å². The molecule has 0 amide bonds. The summed E-state index contributed by atoms with van der Waals surface area (Å²) in [5.41, 5.74) is 0. The zero-order valence-corrected chi connectivity index (χ0v) is 48.6. The van der Waals surface area contributed by atoms with Crippen molar-refractivity contribution in [1.82, 2.24) is 0 Å². The van der Waals surface area contributed by atoms with Gasteiger partial charge in [0.2, 0.25) is 0 Å². The maximum atomic E-state index is 12.9. The predicted octanol–water partition coefficient (Wildman–Crippen LogP) is 21.3. The smallest absolute Gasteiger partial charge is 0.306 e. The summed E-state index contributed by atoms with van der Waals surface area (Å²) in [4.78, 5) is 38.3. The summed E-state index contributed by atoms with van der Waals surface area (Å²) in [6.45, 7) is 6.50. The SMILES string of the molecule is CC/C=C\C/C=C\C/C=C\C/C=C\C/C=C\C/C=C\CCCCCCCCC(=O)OCC(COC(=O)CCCCCCC/C=C\C/C=C\CCCCC)OC(=O)CCCCCCCCCCCCCCCCCC. The number of hydrogen-bond donors (Lipinski definition) is 0. The Labute approximate surface area is 457 Å². The monoisotopic (exact) mass is 1030 g/mol. The van der Waals surface area contributed by atoms with Gasteiger partial charge in [-0.1, -0.05) is 272 Å². The molecule has 6 nitrogen and oxygen atoms in total. The fraction of sp³-hybridized carbons (Fsp3) is 0.721. The van der Waals surface area contributed by atoms with Crippen molar-refractivity contribution in [2.45, 2.75) is 303 Å². The Morgan fingerprint density at radius 2 is 0.527 bits per heavy atom. The van der Waals surface area contributed by atoms with Gasteiger partial charge in [0.1, 0.15) is 13.2 Å². The summed E-state index contributed by atoms with van der Waals surface area (Å²) in [6.07, 6.45) is 82.6. The quantitative estimate of drug-likeness (QED) is 0.0261. The van der Waals surface area contributed by atoms with Gasteiger partial charge in [0.05, 0.1) is 0 Å². The minimum absolute atomic E-state index is 0.0877. The number of carbonyl (C=O) groups is 3. The molecular weight excluding hydrogens is 913 g/mol. The van der Waals surface area contributed by atoms with Crippen molar-refractivity contribution in [2.24, 2.45) is 0 Å². The molecule has 74 heavy (non-hydrogen) atoms. The van der Waals surface area contributed by atoms with Gasteiger partial charge >= 0.3 is 17.9 Å². The average Bonchev–Trinajstić information content (AvgIpc) is 3.40. The van der Waals surface area contributed by atoms with Gasteiger partial charge < -0.3 is 14.2 Å². The molecule has 0 saturated heterocycles. The van der Waals surface area contributed by atoms with E-state index in [9.17, 15) is 14.4 Å². The lowest BCUT2D eigenvalue weighted by atomic mass is 10.0. The van der Waals surface area contributed by atoms with Crippen LogP contribution in [-0.2, 0) is 28.6 Å². The normalized spacial score (nSPS) is 12.7. The second-order valence-corrected chi connectivity index (χ2v) is 20.6. The molecule has 0 radical (unpaired) electrons. The van der Waals surface area contributed by atoms with E-state index in [1.807, 2.05) is 0 Å². The summed E-state index contributed by atoms with van der Waals surface area (Å²) in [5, 5.41) is 0. The van der Waals surface area contributed by atoms with E-state index < -0.39 is 6.10 Å². The molecule has 0 heterocycles. The van der Waals surface area contributed by atoms with E-state index in [1.54, 1.807) is 0 Å². The van der Waals surface area contributed by atoms with Crippen LogP contribution in [0.5, 0.6) is 0 Å². The highest BCUT2D eigenvalue weighted by Gasteiger charge is 2.19. The Bertz CT molecular complexity index is 1460. The number of carbonyl (C=O) groups excluding carboxylic acids is 3. The van der Waals surface area contributed by atoms with Crippen LogP contribution >= 0.6 is 0 Å². The first-order valence-electron chi connectivity index (χ1n) is 31.2. The maximum absolute atomic E-state index is 12.9. The van der Waals surface area contributed by atoms with E-state index in [-0.39, 0.29) is 31.1 Å². The number of unbranched alkanes of at least 4 members (excludes halogenated alkanes) is 29. The lowest BCUT2D eigenvalue weighted by Crippen LogP contribution is -2.30. The average molecular weight is 1030 g/mol. The Morgan fingerprint density at radius 1 is 0.284 bits per heavy atom. The minimum Gasteiger partial charge on any atom is -0.462 e. The fourth-order valence-electron chi connectivity index (χ4n) is 8.65. The van der Waals surface area contributed by atoms with Crippen molar-refractivity contribution >= 4 is 17.9 Å². The molecule has 0 spiro atoms. The van der Waals surface area contributed by atoms with Crippen molar-refractivity contribution in [1.29, 1.82) is 0 Å². The van der Waals surface area contributed by atoms with Crippen LogP contribution in [0.3, 0.4) is 0 Å². The molecule has 0 aliphatic rings. The lowest BCUT2D eigenvalue weighted by molar-refractivity contribution is -0.167. The maximum Gasteiger partial charge on any atom is 0.306 e. The lowest BCUT2D eigenvalue weighted by Gasteiger charge is -2.18. The van der Waals surface area contributed by atoms with Gasteiger partial charge in [-0.25, -0.2) is 0 Å². The molecule has 0 aliphatic carbocycles. The Morgan fingerprint density at radius 3 is 0.851 bits per heavy atom. The van der Waals surface area contributed by atoms with Gasteiger partial charge in [-0.3, -0.25) is 14.4 Å². The molecule has 0 aromatic carbocycles. The van der Waals surface area contributed by atoms with Crippen LogP contribution in [0.4, 0.5) is 0 Å². The third-order valence-corrected chi connectivity index (χ3v) is 13.3. The first kappa shape index (κ1) is 70.3. The molecule has 1 unspecified atom stereocenters. The van der Waals surface area contributed by atoms with E-state index in [0.29, 0.717) is 19.3 Å². The van der Waals surface area contributed by atoms with Gasteiger partial charge in [-0.15, -0.1) is 0 Å². The van der Waals surface area contributed by atoms with Gasteiger partial charge in [-0.05, 0) is 103 Å². The summed E-state index contributed by atoms with van der Waals surface area (Å²) >= 11 is 0. The highest BCUT2D eigenvalue weighted by molar-refractivity contribution is 5.71. The van der Waals surface area contributed by atoms with Crippen LogP contribution in [0, 0.1) is 0 Å². The largest absolute Gasteiger partial charge is 0.462 e. The highest BCUT2D eigenvalue weighted by atomic mass is 16.6. The summed E-state index contributed by atoms with van der Waals surface area (Å²) in [6, 6.07) is 0. The molecular formula is C68H116O6. The second-order valence-electron chi connectivity index (χ2n) is 20.6. The Kier molecular flexibility index (Phi) is 58.8. The standard InChI is InChI=1S/C68H116O6/c1-4-7-10-13-16-19-22-25-28-30-31-32-33-34-35-36-37-38-41-43-46-49-52-55-58-61-67(70)73-64-65(63-72-66(69)60-57-54-51-48-45-42-39-27-24-21-18-15-12-9-6-3)74-68(71)62-59-56-53-50-47-44-40-29-26-23-20-17-14-11-8-5-2/h7,10,16,18-19,21,25,27-28,31-32,34-35,37-39,65H,4-6,8-9,11-15,17,20,22-24,26,29-30,33,36,40-64H2,1-3H3/b10-7-,19-16-,21-18-,28-25-,32-31-,35-34-,38-37-,39-27-. The van der Waals surface area contributed by atoms with E-state index in [0.717, 1.165) is 128 Å². The Balaban J connectivity index is 4.39. The van der Waals surface area contributed by atoms with E-state index in [2.05, 4.69) is 118 Å². The third-order valence-electron chi connectivity index (χ3n) is 13.3. The van der Waals surface area contributed by atoms with Crippen LogP contribution < -0.4 is 0 Å². The second kappa shape index (κ2) is 61.9. The zero-order valence-electron chi connectivity index (χ0n) is 48.6. The summed E-state index contributed by atoms with van der Waals surface area (Å²) in [7, 11) is 0. The molecule has 6 heteroatoms. The first-order chi connectivity index (χ1) is 36.5. The molecule has 0 aromatic heterocycles. The van der Waals surface area contributed by atoms with Gasteiger partial charge in [-0.2, -0.15) is 0 Å². The molecule has 0 saturated carbocycles. The van der Waals surface area contributed by atoms with Crippen molar-refractivity contribution in [2.75, 3.05) is 13.2 Å². The van der Waals surface area contributed by atoms with Crippen LogP contribution in [-0.4, -0.2) is 37.2 Å². The fourth-order valence-corrected chi connectivity index (χ4v) is 8.65. The molecule has 0 N–H and O–H groups in total. The molecule has 0 aliphatic heterocycles. The highest BCUT2D eigenvalue weighted by Crippen LogP contribution is 2.16. The minimum atomic E-state index is -0.790. The van der Waals surface area contributed by atoms with E-state index >= 15 is 0 Å². The number of esters is 3. The van der Waals surface area contributed by atoms with Crippen LogP contribution in [0.1, 0.15) is 297 Å². The zero-order chi connectivity index (χ0) is 53.6. The molecule has 0 rings (SSSR count). The topological polar surface area (TPSA) is 78.9 Å². The molecule has 1 atom stereocenters. The van der Waals surface area contributed by atoms with E-state index in [4.69, 9.17) is 14.2 Å².